The van der Waals surface area contributed by atoms with Crippen molar-refractivity contribution >= 4 is 48.2 Å². The van der Waals surface area contributed by atoms with Crippen LogP contribution in [0.3, 0.4) is 0 Å². The number of carbonyl (C=O) groups is 2. The van der Waals surface area contributed by atoms with E-state index in [9.17, 15) is 32.7 Å². The van der Waals surface area contributed by atoms with Crippen LogP contribution in [0.15, 0.2) is 53.4 Å². The van der Waals surface area contributed by atoms with Crippen molar-refractivity contribution < 1.29 is 32.6 Å². The van der Waals surface area contributed by atoms with E-state index < -0.39 is 47.8 Å². The lowest BCUT2D eigenvalue weighted by Crippen LogP contribution is -2.56. The zero-order valence-corrected chi connectivity index (χ0v) is 19.9. The molecule has 0 radical (unpaired) electrons. The Morgan fingerprint density at radius 1 is 1.24 bits per heavy atom. The van der Waals surface area contributed by atoms with E-state index in [2.05, 4.69) is 10.6 Å². The highest BCUT2D eigenvalue weighted by atomic mass is 19.3. The van der Waals surface area contributed by atoms with E-state index >= 15 is 0 Å². The Labute approximate surface area is 214 Å². The molecule has 1 fully saturated rings. The van der Waals surface area contributed by atoms with Crippen LogP contribution in [0.25, 0.3) is 0 Å². The Bertz CT molecular complexity index is 1370. The minimum absolute atomic E-state index is 0.0855. The number of anilines is 2. The molecule has 1 saturated heterocycles. The van der Waals surface area contributed by atoms with Crippen LogP contribution in [0.5, 0.6) is 0 Å². The molecule has 1 aliphatic heterocycles. The predicted molar refractivity (Wildman–Crippen MR) is 134 cm³/mol. The van der Waals surface area contributed by atoms with Gasteiger partial charge in [0, 0.05) is 29.7 Å². The van der Waals surface area contributed by atoms with Gasteiger partial charge < -0.3 is 26.2 Å². The number of aliphatic hydroxyl groups is 1. The molecule has 0 bridgehead atoms. The first kappa shape index (κ1) is 28.1. The molecule has 2 unspecified atom stereocenters. The van der Waals surface area contributed by atoms with Gasteiger partial charge in [0.05, 0.1) is 18.8 Å². The molecular weight excluding hydrogens is 510 g/mol. The summed E-state index contributed by atoms with van der Waals surface area (Å²) in [7, 11) is 1.66. The maximum absolute atomic E-state index is 14.6. The molecule has 0 aliphatic carbocycles. The smallest absolute Gasteiger partial charge is 0.321 e. The van der Waals surface area contributed by atoms with Gasteiger partial charge in [-0.3, -0.25) is 34.7 Å². The quantitative estimate of drug-likeness (QED) is 0.146. The number of alkyl halides is 2. The van der Waals surface area contributed by atoms with Crippen LogP contribution >= 0.6 is 0 Å². The summed E-state index contributed by atoms with van der Waals surface area (Å²) in [6.45, 7) is -3.60. The van der Waals surface area contributed by atoms with Gasteiger partial charge in [-0.2, -0.15) is 8.78 Å². The average molecular weight is 533 g/mol. The van der Waals surface area contributed by atoms with Crippen LogP contribution in [0.2, 0.25) is 0 Å². The molecule has 12 nitrogen and oxygen atoms in total. The molecule has 7 N–H and O–H groups in total. The number of halogens is 3. The second-order valence-corrected chi connectivity index (χ2v) is 8.08. The predicted octanol–water partition coefficient (Wildman–Crippen LogP) is -0.787. The molecule has 0 saturated carbocycles. The lowest BCUT2D eigenvalue weighted by atomic mass is 9.89. The summed E-state index contributed by atoms with van der Waals surface area (Å²) in [5.41, 5.74) is 5.68. The van der Waals surface area contributed by atoms with Gasteiger partial charge in [0.15, 0.2) is 23.9 Å². The highest BCUT2D eigenvalue weighted by Crippen LogP contribution is 2.18. The SMILES string of the molecule is Bc1cc(NC(=O)C(O)C2OCCN(C(=N)/C(F)=C\Nc3ccc(=O)n(C(F)F)c3)C2=O)ccc1C(=N)N. The van der Waals surface area contributed by atoms with Gasteiger partial charge in [-0.1, -0.05) is 5.46 Å². The molecule has 2 aromatic rings. The number of pyridine rings is 1. The summed E-state index contributed by atoms with van der Waals surface area (Å²) >= 11 is 0. The van der Waals surface area contributed by atoms with Crippen molar-refractivity contribution in [2.45, 2.75) is 18.8 Å². The third-order valence-electron chi connectivity index (χ3n) is 5.47. The van der Waals surface area contributed by atoms with Gasteiger partial charge in [-0.05, 0) is 24.3 Å². The van der Waals surface area contributed by atoms with Crippen LogP contribution in [0, 0.1) is 10.8 Å². The maximum Gasteiger partial charge on any atom is 0.321 e. The van der Waals surface area contributed by atoms with Crippen molar-refractivity contribution in [3.8, 4) is 0 Å². The monoisotopic (exact) mass is 533 g/mol. The van der Waals surface area contributed by atoms with Crippen molar-refractivity contribution in [1.82, 2.24) is 9.47 Å². The van der Waals surface area contributed by atoms with Crippen LogP contribution < -0.4 is 27.4 Å². The Morgan fingerprint density at radius 3 is 2.55 bits per heavy atom. The van der Waals surface area contributed by atoms with Crippen LogP contribution in [-0.2, 0) is 14.3 Å². The molecule has 16 heteroatoms. The van der Waals surface area contributed by atoms with Crippen molar-refractivity contribution in [2.75, 3.05) is 23.8 Å². The highest BCUT2D eigenvalue weighted by molar-refractivity contribution is 6.37. The second kappa shape index (κ2) is 11.7. The molecule has 1 aromatic heterocycles. The number of nitrogens with one attached hydrogen (secondary N) is 4. The summed E-state index contributed by atoms with van der Waals surface area (Å²) in [6.07, 6.45) is -2.37. The van der Waals surface area contributed by atoms with Gasteiger partial charge in [-0.15, -0.1) is 0 Å². The number of aliphatic hydroxyl groups excluding tert-OH is 1. The Balaban J connectivity index is 1.68. The lowest BCUT2D eigenvalue weighted by Gasteiger charge is -2.33. The number of hydrogen-bond acceptors (Lipinski definition) is 8. The fraction of sp³-hybridized carbons (Fsp3) is 0.227. The van der Waals surface area contributed by atoms with Crippen molar-refractivity contribution in [1.29, 1.82) is 10.8 Å². The number of ether oxygens (including phenoxy) is 1. The first-order valence-corrected chi connectivity index (χ1v) is 11.0. The lowest BCUT2D eigenvalue weighted by molar-refractivity contribution is -0.161. The summed E-state index contributed by atoms with van der Waals surface area (Å²) in [6, 6.07) is 6.41. The van der Waals surface area contributed by atoms with Crippen LogP contribution in [0.1, 0.15) is 12.1 Å². The Kier molecular flexibility index (Phi) is 8.70. The van der Waals surface area contributed by atoms with Gasteiger partial charge in [-0.25, -0.2) is 4.39 Å². The first-order chi connectivity index (χ1) is 17.9. The minimum atomic E-state index is -3.12. The molecule has 1 aromatic carbocycles. The number of nitrogens with two attached hydrogens (primary N) is 1. The Morgan fingerprint density at radius 2 is 1.92 bits per heavy atom. The van der Waals surface area contributed by atoms with Crippen molar-refractivity contribution in [3.05, 3.63) is 64.5 Å². The zero-order chi connectivity index (χ0) is 28.1. The maximum atomic E-state index is 14.6. The van der Waals surface area contributed by atoms with Gasteiger partial charge in [0.2, 0.25) is 0 Å². The number of hydrogen-bond donors (Lipinski definition) is 6. The average Bonchev–Trinajstić information content (AvgIpc) is 2.87. The number of rotatable bonds is 8. The van der Waals surface area contributed by atoms with E-state index in [-0.39, 0.29) is 34.9 Å². The molecule has 2 amide bonds. The standard InChI is InChI=1S/C22H23BF3N7O5/c23-13-7-10(1-3-12(13)18(27)28)31-20(36)16(35)17-21(37)32(5-6-38-17)19(29)14(24)8-30-11-2-4-15(34)33(9-11)22(25)26/h1-4,7-9,16-17,22,29-30,35H,5-6,23H2,(H3,27,28)(H,31,36)/b14-8+,29-19?. The van der Waals surface area contributed by atoms with Gasteiger partial charge in [0.25, 0.3) is 17.4 Å². The summed E-state index contributed by atoms with van der Waals surface area (Å²) in [5, 5.41) is 30.7. The topological polar surface area (TPSA) is 187 Å². The number of aromatic nitrogens is 1. The summed E-state index contributed by atoms with van der Waals surface area (Å²) < 4.78 is 45.7. The third kappa shape index (κ3) is 6.27. The number of amidine groups is 2. The third-order valence-corrected chi connectivity index (χ3v) is 5.47. The fourth-order valence-corrected chi connectivity index (χ4v) is 3.54. The zero-order valence-electron chi connectivity index (χ0n) is 19.9. The van der Waals surface area contributed by atoms with E-state index in [1.807, 2.05) is 0 Å². The molecule has 200 valence electrons. The van der Waals surface area contributed by atoms with E-state index in [0.29, 0.717) is 22.1 Å². The van der Waals surface area contributed by atoms with E-state index in [0.717, 1.165) is 18.3 Å². The van der Waals surface area contributed by atoms with E-state index in [1.165, 1.54) is 18.2 Å². The van der Waals surface area contributed by atoms with Crippen molar-refractivity contribution in [3.63, 3.8) is 0 Å². The Hall–Kier alpha value is -4.44. The van der Waals surface area contributed by atoms with E-state index in [1.54, 1.807) is 7.85 Å². The molecule has 0 spiro atoms. The number of nitrogen functional groups attached to an aromatic ring is 1. The van der Waals surface area contributed by atoms with E-state index in [4.69, 9.17) is 21.3 Å². The van der Waals surface area contributed by atoms with Gasteiger partial charge >= 0.3 is 6.55 Å². The second-order valence-electron chi connectivity index (χ2n) is 8.08. The fourth-order valence-electron chi connectivity index (χ4n) is 3.54. The first-order valence-electron chi connectivity index (χ1n) is 11.0. The summed E-state index contributed by atoms with van der Waals surface area (Å²) in [4.78, 5) is 37.4. The van der Waals surface area contributed by atoms with Crippen molar-refractivity contribution in [2.24, 2.45) is 5.73 Å². The molecule has 1 aliphatic rings. The van der Waals surface area contributed by atoms with Crippen LogP contribution in [0.4, 0.5) is 24.5 Å². The number of carbonyl (C=O) groups excluding carboxylic acids is 2. The number of amides is 2. The summed E-state index contributed by atoms with van der Waals surface area (Å²) in [5.74, 6) is -4.42. The number of nitrogens with zero attached hydrogens (tertiary/aromatic N) is 2. The molecular formula is C22H23BF3N7O5. The molecule has 3 rings (SSSR count). The normalized spacial score (nSPS) is 16.8. The van der Waals surface area contributed by atoms with Crippen LogP contribution in [-0.4, -0.2) is 71.3 Å². The largest absolute Gasteiger partial charge is 0.384 e. The number of morpholine rings is 1. The minimum Gasteiger partial charge on any atom is -0.384 e. The molecule has 38 heavy (non-hydrogen) atoms. The highest BCUT2D eigenvalue weighted by Gasteiger charge is 2.40. The van der Waals surface area contributed by atoms with Gasteiger partial charge in [0.1, 0.15) is 13.7 Å². The number of benzene rings is 1. The molecule has 2 atom stereocenters. The molecule has 2 heterocycles.